The van der Waals surface area contributed by atoms with Gasteiger partial charge in [-0.2, -0.15) is 0 Å². The van der Waals surface area contributed by atoms with E-state index in [0.29, 0.717) is 6.54 Å². The molecule has 0 saturated carbocycles. The highest BCUT2D eigenvalue weighted by molar-refractivity contribution is 5.75. The number of carbonyl (C=O) groups is 1. The Balaban J connectivity index is 2.16. The summed E-state index contributed by atoms with van der Waals surface area (Å²) < 4.78 is 5.60. The predicted octanol–water partition coefficient (Wildman–Crippen LogP) is 3.53. The van der Waals surface area contributed by atoms with Crippen molar-refractivity contribution in [2.45, 2.75) is 53.0 Å². The summed E-state index contributed by atoms with van der Waals surface area (Å²) in [5, 5.41) is 9.58. The predicted molar refractivity (Wildman–Crippen MR) is 77.8 cm³/mol. The van der Waals surface area contributed by atoms with Gasteiger partial charge >= 0.3 is 5.97 Å². The Morgan fingerprint density at radius 1 is 1.55 bits per heavy atom. The zero-order valence-corrected chi connectivity index (χ0v) is 12.9. The molecule has 1 aromatic rings. The van der Waals surface area contributed by atoms with Gasteiger partial charge in [0.1, 0.15) is 11.5 Å². The maximum Gasteiger partial charge on any atom is 0.310 e. The van der Waals surface area contributed by atoms with Crippen molar-refractivity contribution >= 4 is 5.97 Å². The van der Waals surface area contributed by atoms with Crippen LogP contribution in [0.25, 0.3) is 0 Å². The number of nitrogens with zero attached hydrogens (tertiary/aromatic N) is 1. The number of carboxylic acid groups (broad SMARTS) is 1. The summed E-state index contributed by atoms with van der Waals surface area (Å²) in [4.78, 5) is 13.9. The molecular weight excluding hydrogens is 254 g/mol. The Morgan fingerprint density at radius 3 is 2.75 bits per heavy atom. The molecule has 2 atom stereocenters. The molecule has 2 heterocycles. The molecule has 1 saturated heterocycles. The van der Waals surface area contributed by atoms with Crippen molar-refractivity contribution < 1.29 is 14.3 Å². The summed E-state index contributed by atoms with van der Waals surface area (Å²) in [5.41, 5.74) is 0.621. The van der Waals surface area contributed by atoms with Crippen LogP contribution in [0.15, 0.2) is 10.5 Å². The number of likely N-dealkylation sites (tertiary alicyclic amines) is 1. The summed E-state index contributed by atoms with van der Waals surface area (Å²) in [7, 11) is 0. The molecule has 112 valence electrons. The first kappa shape index (κ1) is 15.1. The Morgan fingerprint density at radius 2 is 2.25 bits per heavy atom. The van der Waals surface area contributed by atoms with E-state index < -0.39 is 11.4 Å². The van der Waals surface area contributed by atoms with Gasteiger partial charge in [-0.05, 0) is 46.2 Å². The van der Waals surface area contributed by atoms with E-state index in [0.717, 1.165) is 37.3 Å². The van der Waals surface area contributed by atoms with E-state index in [4.69, 9.17) is 4.42 Å². The van der Waals surface area contributed by atoms with Crippen LogP contribution in [0.2, 0.25) is 0 Å². The lowest BCUT2D eigenvalue weighted by atomic mass is 9.82. The van der Waals surface area contributed by atoms with Crippen LogP contribution in [0.1, 0.15) is 56.2 Å². The van der Waals surface area contributed by atoms with Crippen molar-refractivity contribution in [2.24, 2.45) is 5.41 Å². The maximum atomic E-state index is 11.6. The van der Waals surface area contributed by atoms with Crippen LogP contribution in [0.4, 0.5) is 0 Å². The zero-order chi connectivity index (χ0) is 14.9. The molecule has 4 heteroatoms. The van der Waals surface area contributed by atoms with E-state index in [-0.39, 0.29) is 6.04 Å². The van der Waals surface area contributed by atoms with Crippen molar-refractivity contribution in [1.29, 1.82) is 0 Å². The first-order chi connectivity index (χ1) is 9.39. The summed E-state index contributed by atoms with van der Waals surface area (Å²) in [6.45, 7) is 9.61. The smallest absolute Gasteiger partial charge is 0.310 e. The van der Waals surface area contributed by atoms with Crippen LogP contribution in [0, 0.1) is 19.3 Å². The van der Waals surface area contributed by atoms with Crippen molar-refractivity contribution in [3.63, 3.8) is 0 Å². The van der Waals surface area contributed by atoms with Crippen LogP contribution in [-0.2, 0) is 4.79 Å². The normalized spacial score (nSPS) is 25.0. The van der Waals surface area contributed by atoms with Crippen LogP contribution >= 0.6 is 0 Å². The molecule has 1 fully saturated rings. The van der Waals surface area contributed by atoms with Gasteiger partial charge in [-0.25, -0.2) is 0 Å². The van der Waals surface area contributed by atoms with Crippen molar-refractivity contribution in [1.82, 2.24) is 4.90 Å². The van der Waals surface area contributed by atoms with Gasteiger partial charge in [0.2, 0.25) is 0 Å². The maximum absolute atomic E-state index is 11.6. The molecule has 0 amide bonds. The lowest BCUT2D eigenvalue weighted by Crippen LogP contribution is -2.35. The highest BCUT2D eigenvalue weighted by Gasteiger charge is 2.45. The van der Waals surface area contributed by atoms with Gasteiger partial charge in [0.15, 0.2) is 0 Å². The van der Waals surface area contributed by atoms with Gasteiger partial charge in [0.05, 0.1) is 5.41 Å². The van der Waals surface area contributed by atoms with E-state index in [9.17, 15) is 9.90 Å². The standard InChI is InChI=1S/C16H25NO3/c1-5-6-16(15(18)19)7-8-17(10-16)12(3)14-9-11(2)20-13(14)4/h9,12H,5-8,10H2,1-4H3,(H,18,19). The van der Waals surface area contributed by atoms with Crippen LogP contribution in [0.5, 0.6) is 0 Å². The Hall–Kier alpha value is -1.29. The number of hydrogen-bond donors (Lipinski definition) is 1. The molecule has 20 heavy (non-hydrogen) atoms. The number of furan rings is 1. The monoisotopic (exact) mass is 279 g/mol. The molecule has 0 spiro atoms. The highest BCUT2D eigenvalue weighted by Crippen LogP contribution is 2.40. The number of carboxylic acids is 1. The fraction of sp³-hybridized carbons (Fsp3) is 0.688. The van der Waals surface area contributed by atoms with Gasteiger partial charge in [0, 0.05) is 18.2 Å². The average molecular weight is 279 g/mol. The molecule has 1 aromatic heterocycles. The van der Waals surface area contributed by atoms with Gasteiger partial charge in [-0.3, -0.25) is 9.69 Å². The van der Waals surface area contributed by atoms with Crippen LogP contribution in [-0.4, -0.2) is 29.1 Å². The lowest BCUT2D eigenvalue weighted by molar-refractivity contribution is -0.148. The van der Waals surface area contributed by atoms with E-state index in [1.54, 1.807) is 0 Å². The van der Waals surface area contributed by atoms with Gasteiger partial charge < -0.3 is 9.52 Å². The molecule has 1 N–H and O–H groups in total. The molecule has 0 aliphatic carbocycles. The molecule has 0 aromatic carbocycles. The van der Waals surface area contributed by atoms with Crippen molar-refractivity contribution in [3.8, 4) is 0 Å². The average Bonchev–Trinajstić information content (AvgIpc) is 2.94. The van der Waals surface area contributed by atoms with Crippen LogP contribution in [0.3, 0.4) is 0 Å². The SMILES string of the molecule is CCCC1(C(=O)O)CCN(C(C)c2cc(C)oc2C)C1. The topological polar surface area (TPSA) is 53.7 Å². The summed E-state index contributed by atoms with van der Waals surface area (Å²) >= 11 is 0. The first-order valence-electron chi connectivity index (χ1n) is 7.44. The van der Waals surface area contributed by atoms with E-state index >= 15 is 0 Å². The van der Waals surface area contributed by atoms with Crippen molar-refractivity contribution in [2.75, 3.05) is 13.1 Å². The Bertz CT molecular complexity index is 494. The third-order valence-electron chi connectivity index (χ3n) is 4.64. The van der Waals surface area contributed by atoms with E-state index in [1.807, 2.05) is 13.8 Å². The number of hydrogen-bond acceptors (Lipinski definition) is 3. The fourth-order valence-corrected chi connectivity index (χ4v) is 3.46. The number of aryl methyl sites for hydroxylation is 2. The second-order valence-corrected chi connectivity index (χ2v) is 6.10. The molecule has 2 unspecified atom stereocenters. The molecule has 4 nitrogen and oxygen atoms in total. The number of aliphatic carboxylic acids is 1. The van der Waals surface area contributed by atoms with E-state index in [2.05, 4.69) is 24.8 Å². The Labute approximate surface area is 120 Å². The van der Waals surface area contributed by atoms with Gasteiger partial charge in [0.25, 0.3) is 0 Å². The molecule has 0 bridgehead atoms. The van der Waals surface area contributed by atoms with Gasteiger partial charge in [-0.15, -0.1) is 0 Å². The molecule has 0 radical (unpaired) electrons. The third-order valence-corrected chi connectivity index (χ3v) is 4.64. The first-order valence-corrected chi connectivity index (χ1v) is 7.44. The summed E-state index contributed by atoms with van der Waals surface area (Å²) in [5.74, 6) is 1.22. The second-order valence-electron chi connectivity index (χ2n) is 6.10. The third kappa shape index (κ3) is 2.62. The molecule has 1 aliphatic heterocycles. The molecular formula is C16H25NO3. The molecule has 1 aliphatic rings. The fourth-order valence-electron chi connectivity index (χ4n) is 3.46. The second kappa shape index (κ2) is 5.60. The highest BCUT2D eigenvalue weighted by atomic mass is 16.4. The lowest BCUT2D eigenvalue weighted by Gasteiger charge is -2.27. The number of rotatable bonds is 5. The van der Waals surface area contributed by atoms with Crippen LogP contribution < -0.4 is 0 Å². The summed E-state index contributed by atoms with van der Waals surface area (Å²) in [6, 6.07) is 2.28. The quantitative estimate of drug-likeness (QED) is 0.895. The van der Waals surface area contributed by atoms with Gasteiger partial charge in [-0.1, -0.05) is 13.3 Å². The molecule has 2 rings (SSSR count). The van der Waals surface area contributed by atoms with E-state index in [1.165, 1.54) is 5.56 Å². The minimum Gasteiger partial charge on any atom is -0.481 e. The summed E-state index contributed by atoms with van der Waals surface area (Å²) in [6.07, 6.45) is 2.42. The minimum absolute atomic E-state index is 0.213. The largest absolute Gasteiger partial charge is 0.481 e. The van der Waals surface area contributed by atoms with Crippen molar-refractivity contribution in [3.05, 3.63) is 23.2 Å². The minimum atomic E-state index is -0.644. The Kier molecular flexibility index (Phi) is 4.23. The zero-order valence-electron chi connectivity index (χ0n) is 12.9.